The molecule has 0 spiro atoms. The van der Waals surface area contributed by atoms with Crippen LogP contribution >= 0.6 is 15.9 Å². The zero-order chi connectivity index (χ0) is 13.9. The Labute approximate surface area is 119 Å². The molecule has 106 valence electrons. The number of hydrogen-bond donors (Lipinski definition) is 1. The van der Waals surface area contributed by atoms with Crippen molar-refractivity contribution in [3.05, 3.63) is 34.3 Å². The molecule has 0 aromatic heterocycles. The van der Waals surface area contributed by atoms with Gasteiger partial charge in [-0.05, 0) is 17.7 Å². The number of piperazine rings is 1. The summed E-state index contributed by atoms with van der Waals surface area (Å²) in [6, 6.07) is 6.55. The average molecular weight is 337 g/mol. The molecule has 0 amide bonds. The number of halogens is 4. The van der Waals surface area contributed by atoms with E-state index in [4.69, 9.17) is 0 Å². The van der Waals surface area contributed by atoms with Gasteiger partial charge in [-0.1, -0.05) is 28.1 Å². The first-order valence-corrected chi connectivity index (χ1v) is 7.02. The van der Waals surface area contributed by atoms with Crippen molar-refractivity contribution in [1.29, 1.82) is 0 Å². The smallest absolute Gasteiger partial charge is 0.314 e. The molecule has 1 N–H and O–H groups in total. The van der Waals surface area contributed by atoms with Crippen LogP contribution in [0.15, 0.2) is 28.7 Å². The van der Waals surface area contributed by atoms with Crippen LogP contribution in [0.25, 0.3) is 0 Å². The summed E-state index contributed by atoms with van der Waals surface area (Å²) in [4.78, 5) is 1.91. The molecule has 6 heteroatoms. The van der Waals surface area contributed by atoms with Gasteiger partial charge in [-0.25, -0.2) is 0 Å². The lowest BCUT2D eigenvalue weighted by molar-refractivity contribution is -0.148. The second-order valence-electron chi connectivity index (χ2n) is 4.68. The lowest BCUT2D eigenvalue weighted by Gasteiger charge is -2.35. The van der Waals surface area contributed by atoms with Gasteiger partial charge < -0.3 is 5.32 Å². The third kappa shape index (κ3) is 4.47. The van der Waals surface area contributed by atoms with Crippen LogP contribution in [0.1, 0.15) is 18.0 Å². The Kier molecular flexibility index (Phi) is 4.86. The zero-order valence-electron chi connectivity index (χ0n) is 10.4. The molecular weight excluding hydrogens is 321 g/mol. The first-order valence-electron chi connectivity index (χ1n) is 6.23. The van der Waals surface area contributed by atoms with E-state index >= 15 is 0 Å². The Morgan fingerprint density at radius 3 is 2.53 bits per heavy atom. The average Bonchev–Trinajstić information content (AvgIpc) is 2.36. The topological polar surface area (TPSA) is 15.3 Å². The van der Waals surface area contributed by atoms with Gasteiger partial charge in [0.2, 0.25) is 0 Å². The third-order valence-corrected chi connectivity index (χ3v) is 3.74. The number of hydrogen-bond acceptors (Lipinski definition) is 2. The van der Waals surface area contributed by atoms with Gasteiger partial charge in [0.05, 0.1) is 6.42 Å². The summed E-state index contributed by atoms with van der Waals surface area (Å²) in [6.07, 6.45) is -4.96. The molecule has 0 radical (unpaired) electrons. The molecule has 2 nitrogen and oxygen atoms in total. The minimum Gasteiger partial charge on any atom is -0.314 e. The highest BCUT2D eigenvalue weighted by Gasteiger charge is 2.35. The van der Waals surface area contributed by atoms with Crippen molar-refractivity contribution in [3.8, 4) is 0 Å². The first-order chi connectivity index (χ1) is 8.96. The van der Waals surface area contributed by atoms with Gasteiger partial charge >= 0.3 is 6.18 Å². The summed E-state index contributed by atoms with van der Waals surface area (Å²) in [5.74, 6) is 0. The Balaban J connectivity index is 2.22. The van der Waals surface area contributed by atoms with Crippen LogP contribution in [0, 0.1) is 0 Å². The molecule has 0 aliphatic carbocycles. The van der Waals surface area contributed by atoms with Crippen molar-refractivity contribution in [2.45, 2.75) is 18.6 Å². The quantitative estimate of drug-likeness (QED) is 0.910. The molecule has 1 atom stereocenters. The van der Waals surface area contributed by atoms with E-state index in [1.807, 2.05) is 11.0 Å². The van der Waals surface area contributed by atoms with E-state index in [0.717, 1.165) is 17.6 Å². The molecule has 1 aliphatic rings. The van der Waals surface area contributed by atoms with Crippen molar-refractivity contribution in [2.24, 2.45) is 0 Å². The number of alkyl halides is 3. The Hall–Kier alpha value is -0.590. The summed E-state index contributed by atoms with van der Waals surface area (Å²) < 4.78 is 39.2. The van der Waals surface area contributed by atoms with Gasteiger partial charge in [-0.2, -0.15) is 13.2 Å². The fourth-order valence-electron chi connectivity index (χ4n) is 2.38. The minimum atomic E-state index is -4.15. The highest BCUT2D eigenvalue weighted by Crippen LogP contribution is 2.34. The fourth-order valence-corrected chi connectivity index (χ4v) is 2.80. The molecule has 1 aromatic carbocycles. The predicted molar refractivity (Wildman–Crippen MR) is 72.0 cm³/mol. The molecule has 1 saturated heterocycles. The van der Waals surface area contributed by atoms with Crippen LogP contribution in [0.3, 0.4) is 0 Å². The summed E-state index contributed by atoms with van der Waals surface area (Å²) in [5, 5.41) is 3.16. The molecule has 1 fully saturated rings. The second-order valence-corrected chi connectivity index (χ2v) is 5.59. The highest BCUT2D eigenvalue weighted by atomic mass is 79.9. The SMILES string of the molecule is FC(F)(F)C[C@@H](c1cccc(Br)c1)N1CCNCC1. The molecular formula is C13H16BrF3N2. The van der Waals surface area contributed by atoms with E-state index in [1.54, 1.807) is 18.2 Å². The van der Waals surface area contributed by atoms with E-state index in [9.17, 15) is 13.2 Å². The largest absolute Gasteiger partial charge is 0.390 e. The lowest BCUT2D eigenvalue weighted by Crippen LogP contribution is -2.46. The molecule has 19 heavy (non-hydrogen) atoms. The minimum absolute atomic E-state index is 0.598. The maximum atomic E-state index is 12.8. The predicted octanol–water partition coefficient (Wildman–Crippen LogP) is 3.35. The molecule has 0 unspecified atom stereocenters. The van der Waals surface area contributed by atoms with Gasteiger partial charge in [0.25, 0.3) is 0 Å². The van der Waals surface area contributed by atoms with E-state index in [2.05, 4.69) is 21.2 Å². The van der Waals surface area contributed by atoms with E-state index < -0.39 is 18.6 Å². The van der Waals surface area contributed by atoms with Gasteiger partial charge in [0, 0.05) is 36.7 Å². The van der Waals surface area contributed by atoms with Crippen LogP contribution in [-0.2, 0) is 0 Å². The third-order valence-electron chi connectivity index (χ3n) is 3.25. The van der Waals surface area contributed by atoms with Gasteiger partial charge in [0.15, 0.2) is 0 Å². The molecule has 1 aliphatic heterocycles. The van der Waals surface area contributed by atoms with Gasteiger partial charge in [-0.15, -0.1) is 0 Å². The van der Waals surface area contributed by atoms with Crippen LogP contribution in [0.4, 0.5) is 13.2 Å². The normalized spacial score (nSPS) is 19.4. The maximum Gasteiger partial charge on any atom is 0.390 e. The summed E-state index contributed by atoms with van der Waals surface area (Å²) in [6.45, 7) is 2.77. The molecule has 1 aromatic rings. The van der Waals surface area contributed by atoms with E-state index in [0.29, 0.717) is 18.7 Å². The van der Waals surface area contributed by atoms with E-state index in [1.165, 1.54) is 0 Å². The van der Waals surface area contributed by atoms with E-state index in [-0.39, 0.29) is 0 Å². The van der Waals surface area contributed by atoms with Crippen LogP contribution < -0.4 is 5.32 Å². The summed E-state index contributed by atoms with van der Waals surface area (Å²) in [5.41, 5.74) is 0.716. The fraction of sp³-hybridized carbons (Fsp3) is 0.538. The zero-order valence-corrected chi connectivity index (χ0v) is 12.0. The second kappa shape index (κ2) is 6.24. The Morgan fingerprint density at radius 1 is 1.26 bits per heavy atom. The monoisotopic (exact) mass is 336 g/mol. The van der Waals surface area contributed by atoms with Crippen molar-refractivity contribution in [1.82, 2.24) is 10.2 Å². The van der Waals surface area contributed by atoms with Crippen molar-refractivity contribution in [3.63, 3.8) is 0 Å². The molecule has 1 heterocycles. The van der Waals surface area contributed by atoms with Gasteiger partial charge in [-0.3, -0.25) is 4.90 Å². The van der Waals surface area contributed by atoms with Crippen molar-refractivity contribution in [2.75, 3.05) is 26.2 Å². The summed E-state index contributed by atoms with van der Waals surface area (Å²) >= 11 is 3.32. The lowest BCUT2D eigenvalue weighted by atomic mass is 10.0. The number of nitrogens with one attached hydrogen (secondary N) is 1. The molecule has 0 saturated carbocycles. The highest BCUT2D eigenvalue weighted by molar-refractivity contribution is 9.10. The van der Waals surface area contributed by atoms with Crippen LogP contribution in [0.5, 0.6) is 0 Å². The first kappa shape index (κ1) is 14.8. The summed E-state index contributed by atoms with van der Waals surface area (Å²) in [7, 11) is 0. The standard InChI is InChI=1S/C13H16BrF3N2/c14-11-3-1-2-10(8-11)12(9-13(15,16)17)19-6-4-18-5-7-19/h1-3,8,12,18H,4-7,9H2/t12-/m0/s1. The van der Waals surface area contributed by atoms with Crippen molar-refractivity contribution >= 4 is 15.9 Å². The number of benzene rings is 1. The maximum absolute atomic E-state index is 12.8. The van der Waals surface area contributed by atoms with Crippen molar-refractivity contribution < 1.29 is 13.2 Å². The van der Waals surface area contributed by atoms with Crippen LogP contribution in [0.2, 0.25) is 0 Å². The number of nitrogens with zero attached hydrogens (tertiary/aromatic N) is 1. The molecule has 0 bridgehead atoms. The van der Waals surface area contributed by atoms with Crippen LogP contribution in [-0.4, -0.2) is 37.3 Å². The Morgan fingerprint density at radius 2 is 1.95 bits per heavy atom. The Bertz CT molecular complexity index is 417. The number of rotatable bonds is 3. The molecule has 2 rings (SSSR count). The van der Waals surface area contributed by atoms with Gasteiger partial charge in [0.1, 0.15) is 0 Å².